The van der Waals surface area contributed by atoms with E-state index >= 15 is 0 Å². The van der Waals surface area contributed by atoms with Crippen molar-refractivity contribution in [2.75, 3.05) is 5.32 Å². The zero-order valence-electron chi connectivity index (χ0n) is 10.3. The van der Waals surface area contributed by atoms with Crippen molar-refractivity contribution >= 4 is 11.4 Å². The van der Waals surface area contributed by atoms with Crippen LogP contribution >= 0.6 is 0 Å². The molecule has 0 fully saturated rings. The first-order valence-corrected chi connectivity index (χ1v) is 5.83. The van der Waals surface area contributed by atoms with Gasteiger partial charge in [-0.25, -0.2) is 4.39 Å². The minimum atomic E-state index is -0.459. The molecule has 0 aliphatic carbocycles. The van der Waals surface area contributed by atoms with Crippen LogP contribution < -0.4 is 5.32 Å². The van der Waals surface area contributed by atoms with E-state index in [0.29, 0.717) is 11.3 Å². The number of nitro groups is 1. The van der Waals surface area contributed by atoms with Crippen molar-refractivity contribution in [2.24, 2.45) is 0 Å². The highest BCUT2D eigenvalue weighted by Gasteiger charge is 2.11. The van der Waals surface area contributed by atoms with Crippen LogP contribution in [0.3, 0.4) is 0 Å². The van der Waals surface area contributed by atoms with Gasteiger partial charge in [0.1, 0.15) is 5.82 Å². The topological polar surface area (TPSA) is 55.2 Å². The average molecular weight is 260 g/mol. The molecule has 4 nitrogen and oxygen atoms in total. The second kappa shape index (κ2) is 5.48. The molecular weight excluding hydrogens is 247 g/mol. The maximum atomic E-state index is 13.6. The van der Waals surface area contributed by atoms with E-state index in [9.17, 15) is 14.5 Å². The molecule has 0 aliphatic heterocycles. The lowest BCUT2D eigenvalue weighted by atomic mass is 10.1. The fraction of sp³-hybridized carbons (Fsp3) is 0.143. The summed E-state index contributed by atoms with van der Waals surface area (Å²) in [5.74, 6) is -0.298. The van der Waals surface area contributed by atoms with Crippen LogP contribution in [0.25, 0.3) is 0 Å². The summed E-state index contributed by atoms with van der Waals surface area (Å²) in [4.78, 5) is 10.2. The number of rotatable bonds is 4. The predicted octanol–water partition coefficient (Wildman–Crippen LogP) is 3.91. The molecule has 0 aromatic heterocycles. The maximum absolute atomic E-state index is 13.6. The third-order valence-electron chi connectivity index (χ3n) is 2.81. The first-order valence-electron chi connectivity index (χ1n) is 5.83. The Morgan fingerprint density at radius 3 is 2.63 bits per heavy atom. The van der Waals surface area contributed by atoms with Crippen LogP contribution in [0, 0.1) is 15.9 Å². The summed E-state index contributed by atoms with van der Waals surface area (Å²) >= 11 is 0. The Morgan fingerprint density at radius 2 is 1.95 bits per heavy atom. The van der Waals surface area contributed by atoms with E-state index in [1.165, 1.54) is 18.2 Å². The van der Waals surface area contributed by atoms with Crippen molar-refractivity contribution in [3.8, 4) is 0 Å². The van der Waals surface area contributed by atoms with Crippen LogP contribution in [0.2, 0.25) is 0 Å². The standard InChI is InChI=1S/C14H13FN2O2/c1-10(13-7-2-3-8-14(13)15)16-11-5-4-6-12(9-11)17(18)19/h2-10,16H,1H3. The molecule has 2 aromatic rings. The average Bonchev–Trinajstić information content (AvgIpc) is 2.39. The Bertz CT molecular complexity index is 602. The Kier molecular flexibility index (Phi) is 3.75. The minimum Gasteiger partial charge on any atom is -0.378 e. The molecule has 0 amide bonds. The van der Waals surface area contributed by atoms with Gasteiger partial charge in [0.2, 0.25) is 0 Å². The molecule has 98 valence electrons. The van der Waals surface area contributed by atoms with E-state index in [-0.39, 0.29) is 17.5 Å². The number of hydrogen-bond donors (Lipinski definition) is 1. The first-order chi connectivity index (χ1) is 9.08. The molecule has 1 atom stereocenters. The van der Waals surface area contributed by atoms with Gasteiger partial charge < -0.3 is 5.32 Å². The lowest BCUT2D eigenvalue weighted by Crippen LogP contribution is -2.08. The molecule has 5 heteroatoms. The highest BCUT2D eigenvalue weighted by molar-refractivity contribution is 5.52. The minimum absolute atomic E-state index is 0.00531. The second-order valence-corrected chi connectivity index (χ2v) is 4.19. The second-order valence-electron chi connectivity index (χ2n) is 4.19. The number of halogens is 1. The van der Waals surface area contributed by atoms with E-state index in [1.807, 2.05) is 0 Å². The Hall–Kier alpha value is -2.43. The number of hydrogen-bond acceptors (Lipinski definition) is 3. The zero-order chi connectivity index (χ0) is 13.8. The van der Waals surface area contributed by atoms with Gasteiger partial charge in [-0.3, -0.25) is 10.1 Å². The smallest absolute Gasteiger partial charge is 0.271 e. The van der Waals surface area contributed by atoms with E-state index in [4.69, 9.17) is 0 Å². The lowest BCUT2D eigenvalue weighted by molar-refractivity contribution is -0.384. The molecule has 0 spiro atoms. The molecule has 0 heterocycles. The van der Waals surface area contributed by atoms with Gasteiger partial charge in [-0.1, -0.05) is 24.3 Å². The van der Waals surface area contributed by atoms with Gasteiger partial charge in [0, 0.05) is 23.4 Å². The number of nitro benzene ring substituents is 1. The summed E-state index contributed by atoms with van der Waals surface area (Å²) in [7, 11) is 0. The fourth-order valence-electron chi connectivity index (χ4n) is 1.86. The molecule has 19 heavy (non-hydrogen) atoms. The van der Waals surface area contributed by atoms with Crippen LogP contribution in [-0.2, 0) is 0 Å². The molecule has 1 N–H and O–H groups in total. The highest BCUT2D eigenvalue weighted by atomic mass is 19.1. The van der Waals surface area contributed by atoms with Crippen molar-refractivity contribution in [2.45, 2.75) is 13.0 Å². The number of benzene rings is 2. The summed E-state index contributed by atoms with van der Waals surface area (Å²) < 4.78 is 13.6. The molecule has 1 unspecified atom stereocenters. The third-order valence-corrected chi connectivity index (χ3v) is 2.81. The van der Waals surface area contributed by atoms with Gasteiger partial charge in [0.15, 0.2) is 0 Å². The van der Waals surface area contributed by atoms with E-state index in [1.54, 1.807) is 37.3 Å². The summed E-state index contributed by atoms with van der Waals surface area (Å²) in [6, 6.07) is 12.3. The molecule has 0 radical (unpaired) electrons. The molecule has 0 saturated carbocycles. The summed E-state index contributed by atoms with van der Waals surface area (Å²) in [5, 5.41) is 13.7. The maximum Gasteiger partial charge on any atom is 0.271 e. The van der Waals surface area contributed by atoms with E-state index in [2.05, 4.69) is 5.32 Å². The number of nitrogens with zero attached hydrogens (tertiary/aromatic N) is 1. The molecule has 0 saturated heterocycles. The number of non-ortho nitro benzene ring substituents is 1. The molecule has 0 bridgehead atoms. The SMILES string of the molecule is CC(Nc1cccc([N+](=O)[O-])c1)c1ccccc1F. The van der Waals surface area contributed by atoms with Gasteiger partial charge in [0.25, 0.3) is 5.69 Å². The molecular formula is C14H13FN2O2. The van der Waals surface area contributed by atoms with Crippen LogP contribution in [-0.4, -0.2) is 4.92 Å². The largest absolute Gasteiger partial charge is 0.378 e. The van der Waals surface area contributed by atoms with Crippen molar-refractivity contribution in [1.82, 2.24) is 0 Å². The van der Waals surface area contributed by atoms with E-state index < -0.39 is 4.92 Å². The van der Waals surface area contributed by atoms with Gasteiger partial charge in [-0.2, -0.15) is 0 Å². The van der Waals surface area contributed by atoms with Crippen molar-refractivity contribution < 1.29 is 9.31 Å². The van der Waals surface area contributed by atoms with Crippen LogP contribution in [0.5, 0.6) is 0 Å². The quantitative estimate of drug-likeness (QED) is 0.669. The van der Waals surface area contributed by atoms with Gasteiger partial charge in [-0.05, 0) is 19.1 Å². The van der Waals surface area contributed by atoms with Crippen LogP contribution in [0.1, 0.15) is 18.5 Å². The van der Waals surface area contributed by atoms with Gasteiger partial charge in [0.05, 0.1) is 11.0 Å². The predicted molar refractivity (Wildman–Crippen MR) is 71.5 cm³/mol. The number of anilines is 1. The molecule has 0 aliphatic rings. The molecule has 2 aromatic carbocycles. The van der Waals surface area contributed by atoms with Gasteiger partial charge >= 0.3 is 0 Å². The molecule has 2 rings (SSSR count). The van der Waals surface area contributed by atoms with Crippen molar-refractivity contribution in [3.05, 3.63) is 70.0 Å². The Morgan fingerprint density at radius 1 is 1.21 bits per heavy atom. The summed E-state index contributed by atoms with van der Waals surface area (Å²) in [5.41, 5.74) is 1.12. The first kappa shape index (κ1) is 13.0. The third kappa shape index (κ3) is 3.07. The van der Waals surface area contributed by atoms with Crippen molar-refractivity contribution in [1.29, 1.82) is 0 Å². The van der Waals surface area contributed by atoms with Crippen LogP contribution in [0.15, 0.2) is 48.5 Å². The van der Waals surface area contributed by atoms with Gasteiger partial charge in [-0.15, -0.1) is 0 Å². The highest BCUT2D eigenvalue weighted by Crippen LogP contribution is 2.24. The van der Waals surface area contributed by atoms with Crippen molar-refractivity contribution in [3.63, 3.8) is 0 Å². The monoisotopic (exact) mass is 260 g/mol. The van der Waals surface area contributed by atoms with Crippen LogP contribution in [0.4, 0.5) is 15.8 Å². The zero-order valence-corrected chi connectivity index (χ0v) is 10.3. The summed E-state index contributed by atoms with van der Waals surface area (Å²) in [6.45, 7) is 1.80. The summed E-state index contributed by atoms with van der Waals surface area (Å²) in [6.07, 6.45) is 0. The lowest BCUT2D eigenvalue weighted by Gasteiger charge is -2.16. The Labute approximate surface area is 110 Å². The number of nitrogens with one attached hydrogen (secondary N) is 1. The fourth-order valence-corrected chi connectivity index (χ4v) is 1.86. The van der Waals surface area contributed by atoms with E-state index in [0.717, 1.165) is 0 Å². The Balaban J connectivity index is 2.19. The normalized spacial score (nSPS) is 11.9.